The monoisotopic (exact) mass is 538 g/mol. The predicted octanol–water partition coefficient (Wildman–Crippen LogP) is 5.10. The molecule has 1 aromatic carbocycles. The van der Waals surface area contributed by atoms with Crippen molar-refractivity contribution in [2.75, 3.05) is 46.9 Å². The van der Waals surface area contributed by atoms with Crippen molar-refractivity contribution in [1.82, 2.24) is 19.7 Å². The second kappa shape index (κ2) is 13.8. The van der Waals surface area contributed by atoms with Crippen molar-refractivity contribution in [2.45, 2.75) is 78.3 Å². The minimum atomic E-state index is 0.0848. The third-order valence-electron chi connectivity index (χ3n) is 8.99. The average molecular weight is 539 g/mol. The molecule has 0 radical (unpaired) electrons. The van der Waals surface area contributed by atoms with Crippen LogP contribution in [0, 0.1) is 24.7 Å². The van der Waals surface area contributed by atoms with Crippen LogP contribution in [0.4, 0.5) is 0 Å². The molecule has 1 aliphatic carbocycles. The summed E-state index contributed by atoms with van der Waals surface area (Å²) in [6.45, 7) is 11.1. The van der Waals surface area contributed by atoms with Gasteiger partial charge in [-0.05, 0) is 75.5 Å². The van der Waals surface area contributed by atoms with E-state index in [2.05, 4.69) is 49.0 Å². The highest BCUT2D eigenvalue weighted by molar-refractivity contribution is 5.98. The van der Waals surface area contributed by atoms with Gasteiger partial charge in [0.05, 0.1) is 0 Å². The quantitative estimate of drug-likeness (QED) is 0.382. The maximum absolute atomic E-state index is 13.9. The lowest BCUT2D eigenvalue weighted by atomic mass is 9.86. The number of rotatable bonds is 12. The van der Waals surface area contributed by atoms with E-state index in [0.717, 1.165) is 50.3 Å². The van der Waals surface area contributed by atoms with Crippen LogP contribution in [0.1, 0.15) is 74.7 Å². The molecule has 0 bridgehead atoms. The van der Waals surface area contributed by atoms with Gasteiger partial charge in [-0.15, -0.1) is 0 Å². The molecular formula is C32H50N4O3. The van der Waals surface area contributed by atoms with Gasteiger partial charge in [0.15, 0.2) is 0 Å². The molecular weight excluding hydrogens is 488 g/mol. The zero-order chi connectivity index (χ0) is 27.9. The van der Waals surface area contributed by atoms with Gasteiger partial charge in [0.1, 0.15) is 0 Å². The Hall–Kier alpha value is -2.38. The van der Waals surface area contributed by atoms with Crippen molar-refractivity contribution < 1.29 is 14.3 Å². The number of aromatic nitrogens is 1. The average Bonchev–Trinajstić information content (AvgIpc) is 3.50. The minimum Gasteiger partial charge on any atom is -0.385 e. The van der Waals surface area contributed by atoms with Crippen LogP contribution in [0.3, 0.4) is 0 Å². The van der Waals surface area contributed by atoms with Gasteiger partial charge in [-0.25, -0.2) is 0 Å². The second-order valence-electron chi connectivity index (χ2n) is 12.3. The summed E-state index contributed by atoms with van der Waals surface area (Å²) in [5.74, 6) is 1.60. The number of fused-ring (bicyclic) bond motifs is 1. The van der Waals surface area contributed by atoms with E-state index in [1.807, 2.05) is 22.9 Å². The fraction of sp³-hybridized carbons (Fsp3) is 0.688. The van der Waals surface area contributed by atoms with Gasteiger partial charge in [0.25, 0.3) is 5.91 Å². The van der Waals surface area contributed by atoms with Gasteiger partial charge >= 0.3 is 0 Å². The van der Waals surface area contributed by atoms with Gasteiger partial charge in [0, 0.05) is 88.6 Å². The third kappa shape index (κ3) is 7.43. The molecule has 0 spiro atoms. The molecule has 2 aliphatic rings. The first-order valence-electron chi connectivity index (χ1n) is 15.1. The number of carbonyl (C=O) groups excluding carboxylic acids is 2. The molecule has 1 aliphatic heterocycles. The third-order valence-corrected chi connectivity index (χ3v) is 8.99. The van der Waals surface area contributed by atoms with Crippen LogP contribution in [0.5, 0.6) is 0 Å². The van der Waals surface area contributed by atoms with E-state index in [9.17, 15) is 9.59 Å². The van der Waals surface area contributed by atoms with Crippen molar-refractivity contribution in [3.63, 3.8) is 0 Å². The van der Waals surface area contributed by atoms with E-state index in [-0.39, 0.29) is 17.9 Å². The second-order valence-corrected chi connectivity index (χ2v) is 12.3. The van der Waals surface area contributed by atoms with Crippen LogP contribution in [0.2, 0.25) is 0 Å². The molecule has 2 atom stereocenters. The fourth-order valence-electron chi connectivity index (χ4n) is 6.58. The van der Waals surface area contributed by atoms with E-state index in [0.29, 0.717) is 30.7 Å². The number of hydrogen-bond donors (Lipinski definition) is 1. The Kier molecular flexibility index (Phi) is 10.5. The molecule has 1 saturated heterocycles. The van der Waals surface area contributed by atoms with Crippen molar-refractivity contribution in [3.05, 3.63) is 35.5 Å². The molecule has 1 saturated carbocycles. The van der Waals surface area contributed by atoms with E-state index in [4.69, 9.17) is 4.74 Å². The van der Waals surface area contributed by atoms with Crippen LogP contribution in [-0.2, 0) is 16.1 Å². The van der Waals surface area contributed by atoms with Gasteiger partial charge in [-0.3, -0.25) is 9.59 Å². The van der Waals surface area contributed by atoms with E-state index in [1.165, 1.54) is 43.1 Å². The van der Waals surface area contributed by atoms with Gasteiger partial charge < -0.3 is 24.4 Å². The van der Waals surface area contributed by atoms with Crippen LogP contribution in [0.15, 0.2) is 24.4 Å². The summed E-state index contributed by atoms with van der Waals surface area (Å²) in [4.78, 5) is 30.8. The Morgan fingerprint density at radius 3 is 2.51 bits per heavy atom. The standard InChI is InChI=1S/C32H50N4O3/c1-23(2)36(32(38)26-12-13-29-24(3)20-35(30(29)17-26)14-9-15-39-5)22-28-19-33-18-27(28)21-34(4)31(37)16-25-10-7-6-8-11-25/h12-13,17,20,23,25,27-28,33H,6-11,14-16,18-19,21-22H2,1-5H3/t27-,28-/m0/s1. The van der Waals surface area contributed by atoms with Crippen LogP contribution in [0.25, 0.3) is 10.9 Å². The summed E-state index contributed by atoms with van der Waals surface area (Å²) in [6, 6.07) is 6.23. The first-order chi connectivity index (χ1) is 18.8. The summed E-state index contributed by atoms with van der Waals surface area (Å²) in [5.41, 5.74) is 3.07. The highest BCUT2D eigenvalue weighted by Crippen LogP contribution is 2.28. The van der Waals surface area contributed by atoms with Crippen molar-refractivity contribution >= 4 is 22.7 Å². The molecule has 2 aromatic rings. The first-order valence-corrected chi connectivity index (χ1v) is 15.1. The van der Waals surface area contributed by atoms with Crippen molar-refractivity contribution in [2.24, 2.45) is 17.8 Å². The van der Waals surface area contributed by atoms with Crippen molar-refractivity contribution in [1.29, 1.82) is 0 Å². The van der Waals surface area contributed by atoms with E-state index < -0.39 is 0 Å². The highest BCUT2D eigenvalue weighted by Gasteiger charge is 2.33. The molecule has 1 N–H and O–H groups in total. The molecule has 0 unspecified atom stereocenters. The smallest absolute Gasteiger partial charge is 0.254 e. The van der Waals surface area contributed by atoms with Crippen LogP contribution in [-0.4, -0.2) is 79.2 Å². The number of amides is 2. The zero-order valence-corrected chi connectivity index (χ0v) is 24.9. The number of ether oxygens (including phenoxy) is 1. The van der Waals surface area contributed by atoms with Crippen LogP contribution < -0.4 is 5.32 Å². The number of hydrogen-bond acceptors (Lipinski definition) is 4. The number of carbonyl (C=O) groups is 2. The number of nitrogens with one attached hydrogen (secondary N) is 1. The summed E-state index contributed by atoms with van der Waals surface area (Å²) in [7, 11) is 3.69. The van der Waals surface area contributed by atoms with E-state index >= 15 is 0 Å². The molecule has 7 heteroatoms. The SMILES string of the molecule is COCCCn1cc(C)c2ccc(C(=O)N(C[C@@H]3CNC[C@H]3CN(C)C(=O)CC3CCCCC3)C(C)C)cc21. The maximum atomic E-state index is 13.9. The largest absolute Gasteiger partial charge is 0.385 e. The Bertz CT molecular complexity index is 1100. The molecule has 39 heavy (non-hydrogen) atoms. The van der Waals surface area contributed by atoms with Crippen LogP contribution >= 0.6 is 0 Å². The molecule has 4 rings (SSSR count). The summed E-state index contributed by atoms with van der Waals surface area (Å²) in [6.07, 6.45) is 10.0. The molecule has 1 aromatic heterocycles. The summed E-state index contributed by atoms with van der Waals surface area (Å²) in [5, 5.41) is 4.74. The topological polar surface area (TPSA) is 66.8 Å². The summed E-state index contributed by atoms with van der Waals surface area (Å²) < 4.78 is 7.49. The highest BCUT2D eigenvalue weighted by atomic mass is 16.5. The van der Waals surface area contributed by atoms with E-state index in [1.54, 1.807) is 7.11 Å². The molecule has 216 valence electrons. The first kappa shape index (κ1) is 29.6. The van der Waals surface area contributed by atoms with Gasteiger partial charge in [0.2, 0.25) is 5.91 Å². The Labute approximate surface area is 235 Å². The van der Waals surface area contributed by atoms with Gasteiger partial charge in [-0.2, -0.15) is 0 Å². The fourth-order valence-corrected chi connectivity index (χ4v) is 6.58. The lowest BCUT2D eigenvalue weighted by Gasteiger charge is -2.33. The Balaban J connectivity index is 1.42. The number of aryl methyl sites for hydroxylation is 2. The Morgan fingerprint density at radius 2 is 1.82 bits per heavy atom. The van der Waals surface area contributed by atoms with Gasteiger partial charge in [-0.1, -0.05) is 25.3 Å². The maximum Gasteiger partial charge on any atom is 0.254 e. The van der Waals surface area contributed by atoms with Crippen molar-refractivity contribution in [3.8, 4) is 0 Å². The minimum absolute atomic E-state index is 0.0848. The molecule has 2 amide bonds. The lowest BCUT2D eigenvalue weighted by molar-refractivity contribution is -0.131. The number of methoxy groups -OCH3 is 1. The Morgan fingerprint density at radius 1 is 1.10 bits per heavy atom. The zero-order valence-electron chi connectivity index (χ0n) is 24.9. The summed E-state index contributed by atoms with van der Waals surface area (Å²) >= 11 is 0. The normalized spacial score (nSPS) is 20.2. The molecule has 2 fully saturated rings. The predicted molar refractivity (Wildman–Crippen MR) is 158 cm³/mol. The molecule has 7 nitrogen and oxygen atoms in total. The number of benzene rings is 1. The lowest BCUT2D eigenvalue weighted by Crippen LogP contribution is -2.44. The number of nitrogens with zero attached hydrogens (tertiary/aromatic N) is 3. The molecule has 2 heterocycles.